The Morgan fingerprint density at radius 3 is 2.38 bits per heavy atom. The SMILES string of the molecule is COc1ccc(Cc2ccnc(SCc3ccc(I)cc3)n2)cc1OC. The highest BCUT2D eigenvalue weighted by atomic mass is 127. The fourth-order valence-electron chi connectivity index (χ4n) is 2.47. The molecule has 0 saturated carbocycles. The second-order valence-corrected chi connectivity index (χ2v) is 7.80. The summed E-state index contributed by atoms with van der Waals surface area (Å²) >= 11 is 3.96. The zero-order chi connectivity index (χ0) is 18.4. The van der Waals surface area contributed by atoms with Gasteiger partial charge in [0.25, 0.3) is 0 Å². The first-order valence-electron chi connectivity index (χ1n) is 8.08. The van der Waals surface area contributed by atoms with Crippen molar-refractivity contribution >= 4 is 34.4 Å². The molecular formula is C20H19IN2O2S. The summed E-state index contributed by atoms with van der Waals surface area (Å²) in [6, 6.07) is 16.4. The van der Waals surface area contributed by atoms with Crippen LogP contribution in [0.25, 0.3) is 0 Å². The van der Waals surface area contributed by atoms with Crippen LogP contribution in [0.1, 0.15) is 16.8 Å². The maximum absolute atomic E-state index is 5.37. The number of thioether (sulfide) groups is 1. The number of hydrogen-bond acceptors (Lipinski definition) is 5. The lowest BCUT2D eigenvalue weighted by Crippen LogP contribution is -1.97. The molecule has 134 valence electrons. The van der Waals surface area contributed by atoms with Crippen molar-refractivity contribution in [2.75, 3.05) is 14.2 Å². The minimum absolute atomic E-state index is 0.722. The molecule has 0 saturated heterocycles. The molecule has 0 aliphatic carbocycles. The molecule has 0 radical (unpaired) electrons. The maximum atomic E-state index is 5.37. The van der Waals surface area contributed by atoms with Gasteiger partial charge >= 0.3 is 0 Å². The molecule has 0 atom stereocenters. The van der Waals surface area contributed by atoms with Crippen LogP contribution in [-0.4, -0.2) is 24.2 Å². The van der Waals surface area contributed by atoms with E-state index in [9.17, 15) is 0 Å². The maximum Gasteiger partial charge on any atom is 0.188 e. The lowest BCUT2D eigenvalue weighted by atomic mass is 10.1. The highest BCUT2D eigenvalue weighted by molar-refractivity contribution is 14.1. The number of aromatic nitrogens is 2. The Bertz CT molecular complexity index is 872. The van der Waals surface area contributed by atoms with E-state index in [1.165, 1.54) is 9.13 Å². The number of hydrogen-bond donors (Lipinski definition) is 0. The van der Waals surface area contributed by atoms with E-state index in [4.69, 9.17) is 9.47 Å². The second kappa shape index (κ2) is 9.23. The Morgan fingerprint density at radius 2 is 1.65 bits per heavy atom. The van der Waals surface area contributed by atoms with Gasteiger partial charge in [-0.05, 0) is 64.0 Å². The van der Waals surface area contributed by atoms with Gasteiger partial charge in [-0.1, -0.05) is 30.0 Å². The molecule has 3 aromatic rings. The highest BCUT2D eigenvalue weighted by Crippen LogP contribution is 2.28. The molecule has 0 unspecified atom stereocenters. The zero-order valence-electron chi connectivity index (χ0n) is 14.6. The van der Waals surface area contributed by atoms with Crippen LogP contribution < -0.4 is 9.47 Å². The van der Waals surface area contributed by atoms with Gasteiger partial charge in [0.1, 0.15) is 0 Å². The molecule has 26 heavy (non-hydrogen) atoms. The minimum atomic E-state index is 0.722. The van der Waals surface area contributed by atoms with Gasteiger partial charge in [-0.25, -0.2) is 9.97 Å². The summed E-state index contributed by atoms with van der Waals surface area (Å²) in [7, 11) is 3.28. The third-order valence-corrected chi connectivity index (χ3v) is 5.46. The molecule has 0 amide bonds. The van der Waals surface area contributed by atoms with Gasteiger partial charge in [0.15, 0.2) is 16.7 Å². The first-order valence-corrected chi connectivity index (χ1v) is 10.1. The van der Waals surface area contributed by atoms with Crippen molar-refractivity contribution in [3.8, 4) is 11.5 Å². The van der Waals surface area contributed by atoms with Crippen molar-refractivity contribution in [1.82, 2.24) is 9.97 Å². The molecule has 0 spiro atoms. The largest absolute Gasteiger partial charge is 0.493 e. The van der Waals surface area contributed by atoms with E-state index in [1.54, 1.807) is 26.0 Å². The lowest BCUT2D eigenvalue weighted by molar-refractivity contribution is 0.354. The monoisotopic (exact) mass is 478 g/mol. The van der Waals surface area contributed by atoms with E-state index in [0.717, 1.165) is 40.1 Å². The number of rotatable bonds is 7. The summed E-state index contributed by atoms with van der Waals surface area (Å²) in [6.45, 7) is 0. The van der Waals surface area contributed by atoms with Gasteiger partial charge in [0.2, 0.25) is 0 Å². The van der Waals surface area contributed by atoms with E-state index in [-0.39, 0.29) is 0 Å². The summed E-state index contributed by atoms with van der Waals surface area (Å²) in [5.74, 6) is 2.32. The Balaban J connectivity index is 1.68. The Hall–Kier alpha value is -1.80. The van der Waals surface area contributed by atoms with Crippen molar-refractivity contribution in [2.24, 2.45) is 0 Å². The van der Waals surface area contributed by atoms with E-state index in [0.29, 0.717) is 0 Å². The highest BCUT2D eigenvalue weighted by Gasteiger charge is 2.07. The lowest BCUT2D eigenvalue weighted by Gasteiger charge is -2.09. The molecule has 0 aliphatic heterocycles. The van der Waals surface area contributed by atoms with Crippen molar-refractivity contribution in [3.63, 3.8) is 0 Å². The fourth-order valence-corrected chi connectivity index (χ4v) is 3.64. The van der Waals surface area contributed by atoms with Crippen LogP contribution in [0.4, 0.5) is 0 Å². The predicted octanol–water partition coefficient (Wildman–Crippen LogP) is 4.98. The minimum Gasteiger partial charge on any atom is -0.493 e. The summed E-state index contributed by atoms with van der Waals surface area (Å²) < 4.78 is 11.9. The van der Waals surface area contributed by atoms with Crippen LogP contribution >= 0.6 is 34.4 Å². The number of nitrogens with zero attached hydrogens (tertiary/aromatic N) is 2. The Labute approximate surface area is 171 Å². The first-order chi connectivity index (χ1) is 12.7. The van der Waals surface area contributed by atoms with Gasteiger partial charge in [-0.2, -0.15) is 0 Å². The second-order valence-electron chi connectivity index (χ2n) is 5.61. The molecule has 1 heterocycles. The molecule has 1 aromatic heterocycles. The third kappa shape index (κ3) is 5.11. The van der Waals surface area contributed by atoms with Crippen LogP contribution in [-0.2, 0) is 12.2 Å². The van der Waals surface area contributed by atoms with Crippen LogP contribution in [0.3, 0.4) is 0 Å². The van der Waals surface area contributed by atoms with Crippen LogP contribution in [0.5, 0.6) is 11.5 Å². The molecule has 0 fully saturated rings. The number of methoxy groups -OCH3 is 2. The molecule has 6 heteroatoms. The topological polar surface area (TPSA) is 44.2 Å². The normalized spacial score (nSPS) is 10.6. The smallest absolute Gasteiger partial charge is 0.188 e. The van der Waals surface area contributed by atoms with Crippen molar-refractivity contribution in [1.29, 1.82) is 0 Å². The molecular weight excluding hydrogens is 459 g/mol. The van der Waals surface area contributed by atoms with E-state index in [1.807, 2.05) is 30.5 Å². The van der Waals surface area contributed by atoms with Gasteiger partial charge in [0, 0.05) is 27.6 Å². The number of ether oxygens (including phenoxy) is 2. The van der Waals surface area contributed by atoms with Gasteiger partial charge < -0.3 is 9.47 Å². The summed E-state index contributed by atoms with van der Waals surface area (Å²) in [4.78, 5) is 9.06. The molecule has 4 nitrogen and oxygen atoms in total. The molecule has 2 aromatic carbocycles. The van der Waals surface area contributed by atoms with Crippen LogP contribution in [0.2, 0.25) is 0 Å². The Kier molecular flexibility index (Phi) is 6.73. The number of benzene rings is 2. The van der Waals surface area contributed by atoms with E-state index < -0.39 is 0 Å². The quantitative estimate of drug-likeness (QED) is 0.272. The van der Waals surface area contributed by atoms with Gasteiger partial charge in [-0.15, -0.1) is 0 Å². The van der Waals surface area contributed by atoms with Gasteiger partial charge in [0.05, 0.1) is 14.2 Å². The average Bonchev–Trinajstić information content (AvgIpc) is 2.68. The Morgan fingerprint density at radius 1 is 0.923 bits per heavy atom. The van der Waals surface area contributed by atoms with Crippen molar-refractivity contribution < 1.29 is 9.47 Å². The zero-order valence-corrected chi connectivity index (χ0v) is 17.6. The van der Waals surface area contributed by atoms with Crippen LogP contribution in [0.15, 0.2) is 59.9 Å². The predicted molar refractivity (Wildman–Crippen MR) is 113 cm³/mol. The van der Waals surface area contributed by atoms with E-state index in [2.05, 4.69) is 56.8 Å². The first kappa shape index (κ1) is 19.0. The average molecular weight is 478 g/mol. The third-order valence-electron chi connectivity index (χ3n) is 3.81. The standard InChI is InChI=1S/C20H19IN2O2S/c1-24-18-8-5-15(12-19(18)25-2)11-17-9-10-22-20(23-17)26-13-14-3-6-16(21)7-4-14/h3-10,12H,11,13H2,1-2H3. The fraction of sp³-hybridized carbons (Fsp3) is 0.200. The van der Waals surface area contributed by atoms with Crippen molar-refractivity contribution in [2.45, 2.75) is 17.3 Å². The summed E-state index contributed by atoms with van der Waals surface area (Å²) in [6.07, 6.45) is 2.54. The summed E-state index contributed by atoms with van der Waals surface area (Å²) in [5.41, 5.74) is 3.37. The van der Waals surface area contributed by atoms with Crippen LogP contribution in [0, 0.1) is 3.57 Å². The molecule has 0 bridgehead atoms. The molecule has 3 rings (SSSR count). The summed E-state index contributed by atoms with van der Waals surface area (Å²) in [5, 5.41) is 0.793. The van der Waals surface area contributed by atoms with Gasteiger partial charge in [-0.3, -0.25) is 0 Å². The molecule has 0 N–H and O–H groups in total. The molecule has 0 aliphatic rings. The van der Waals surface area contributed by atoms with Crippen molar-refractivity contribution in [3.05, 3.63) is 75.1 Å². The van der Waals surface area contributed by atoms with E-state index >= 15 is 0 Å². The number of halogens is 1.